The standard InChI is InChI=1S/C19H24N4O2/c1-14(2)23-17(9-10-20-23)19(25)21-11-12-22(15(3)24)18(13-21)16-7-5-4-6-8-16/h4-10,14,18H,11-13H2,1-3H3. The first-order chi connectivity index (χ1) is 12.0. The Morgan fingerprint density at radius 3 is 2.48 bits per heavy atom. The van der Waals surface area contributed by atoms with Crippen LogP contribution in [0, 0.1) is 0 Å². The van der Waals surface area contributed by atoms with Gasteiger partial charge >= 0.3 is 0 Å². The molecule has 6 heteroatoms. The summed E-state index contributed by atoms with van der Waals surface area (Å²) >= 11 is 0. The summed E-state index contributed by atoms with van der Waals surface area (Å²) in [5.41, 5.74) is 1.64. The maximum atomic E-state index is 13.0. The monoisotopic (exact) mass is 340 g/mol. The Morgan fingerprint density at radius 1 is 1.12 bits per heavy atom. The smallest absolute Gasteiger partial charge is 0.272 e. The van der Waals surface area contributed by atoms with Gasteiger partial charge in [0.2, 0.25) is 5.91 Å². The van der Waals surface area contributed by atoms with E-state index in [1.165, 1.54) is 0 Å². The molecular formula is C19H24N4O2. The van der Waals surface area contributed by atoms with Crippen LogP contribution in [-0.4, -0.2) is 51.0 Å². The van der Waals surface area contributed by atoms with Crippen molar-refractivity contribution in [3.8, 4) is 0 Å². The average molecular weight is 340 g/mol. The minimum absolute atomic E-state index is 0.0321. The number of rotatable bonds is 3. The molecule has 1 aliphatic rings. The third-order valence-corrected chi connectivity index (χ3v) is 4.63. The molecule has 3 rings (SSSR count). The van der Waals surface area contributed by atoms with Gasteiger partial charge in [-0.2, -0.15) is 5.10 Å². The van der Waals surface area contributed by atoms with Gasteiger partial charge in [-0.1, -0.05) is 30.3 Å². The van der Waals surface area contributed by atoms with Gasteiger partial charge in [0, 0.05) is 38.8 Å². The lowest BCUT2D eigenvalue weighted by molar-refractivity contribution is -0.133. The molecule has 0 aliphatic carbocycles. The lowest BCUT2D eigenvalue weighted by atomic mass is 10.0. The highest BCUT2D eigenvalue weighted by molar-refractivity contribution is 5.92. The summed E-state index contributed by atoms with van der Waals surface area (Å²) in [5, 5.41) is 4.26. The van der Waals surface area contributed by atoms with Gasteiger partial charge in [0.05, 0.1) is 6.04 Å². The van der Waals surface area contributed by atoms with E-state index in [0.717, 1.165) is 5.56 Å². The van der Waals surface area contributed by atoms with E-state index in [0.29, 0.717) is 25.3 Å². The van der Waals surface area contributed by atoms with Crippen molar-refractivity contribution in [2.24, 2.45) is 0 Å². The fraction of sp³-hybridized carbons (Fsp3) is 0.421. The van der Waals surface area contributed by atoms with Crippen LogP contribution in [0.5, 0.6) is 0 Å². The van der Waals surface area contributed by atoms with Crippen LogP contribution in [0.25, 0.3) is 0 Å². The number of piperazine rings is 1. The largest absolute Gasteiger partial charge is 0.333 e. The quantitative estimate of drug-likeness (QED) is 0.863. The third kappa shape index (κ3) is 3.43. The summed E-state index contributed by atoms with van der Waals surface area (Å²) in [5.74, 6) is 0.00325. The third-order valence-electron chi connectivity index (χ3n) is 4.63. The van der Waals surface area contributed by atoms with E-state index in [1.807, 2.05) is 54.0 Å². The number of carbonyl (C=O) groups excluding carboxylic acids is 2. The van der Waals surface area contributed by atoms with Crippen LogP contribution in [0.3, 0.4) is 0 Å². The van der Waals surface area contributed by atoms with Crippen molar-refractivity contribution in [2.75, 3.05) is 19.6 Å². The number of aromatic nitrogens is 2. The Labute approximate surface area is 148 Å². The number of hydrogen-bond acceptors (Lipinski definition) is 3. The lowest BCUT2D eigenvalue weighted by Gasteiger charge is -2.41. The average Bonchev–Trinajstić information content (AvgIpc) is 3.11. The summed E-state index contributed by atoms with van der Waals surface area (Å²) in [4.78, 5) is 28.7. The van der Waals surface area contributed by atoms with E-state index >= 15 is 0 Å². The molecule has 2 heterocycles. The zero-order valence-electron chi connectivity index (χ0n) is 14.9. The zero-order chi connectivity index (χ0) is 18.0. The van der Waals surface area contributed by atoms with Crippen LogP contribution >= 0.6 is 0 Å². The Kier molecular flexibility index (Phi) is 4.88. The molecule has 0 bridgehead atoms. The van der Waals surface area contributed by atoms with Gasteiger partial charge in [0.15, 0.2) is 0 Å². The first-order valence-corrected chi connectivity index (χ1v) is 8.64. The molecular weight excluding hydrogens is 316 g/mol. The number of amides is 2. The van der Waals surface area contributed by atoms with E-state index in [1.54, 1.807) is 23.9 Å². The highest BCUT2D eigenvalue weighted by Crippen LogP contribution is 2.26. The normalized spacial score (nSPS) is 17.8. The predicted octanol–water partition coefficient (Wildman–Crippen LogP) is 2.51. The Balaban J connectivity index is 1.86. The molecule has 25 heavy (non-hydrogen) atoms. The van der Waals surface area contributed by atoms with Crippen LogP contribution in [0.4, 0.5) is 0 Å². The molecule has 6 nitrogen and oxygen atoms in total. The van der Waals surface area contributed by atoms with Crippen LogP contribution in [0.2, 0.25) is 0 Å². The maximum absolute atomic E-state index is 13.0. The molecule has 1 atom stereocenters. The van der Waals surface area contributed by atoms with Gasteiger partial charge in [-0.3, -0.25) is 14.3 Å². The molecule has 2 amide bonds. The molecule has 1 unspecified atom stereocenters. The number of benzene rings is 1. The van der Waals surface area contributed by atoms with Crippen LogP contribution in [0.1, 0.15) is 48.9 Å². The molecule has 0 radical (unpaired) electrons. The Bertz CT molecular complexity index is 754. The maximum Gasteiger partial charge on any atom is 0.272 e. The number of carbonyl (C=O) groups is 2. The van der Waals surface area contributed by atoms with Crippen molar-refractivity contribution in [1.82, 2.24) is 19.6 Å². The van der Waals surface area contributed by atoms with Gasteiger partial charge < -0.3 is 9.80 Å². The highest BCUT2D eigenvalue weighted by atomic mass is 16.2. The lowest BCUT2D eigenvalue weighted by Crippen LogP contribution is -2.52. The van der Waals surface area contributed by atoms with Gasteiger partial charge in [-0.25, -0.2) is 0 Å². The van der Waals surface area contributed by atoms with E-state index in [9.17, 15) is 9.59 Å². The van der Waals surface area contributed by atoms with Crippen molar-refractivity contribution in [3.05, 3.63) is 53.9 Å². The summed E-state index contributed by atoms with van der Waals surface area (Å²) in [7, 11) is 0. The van der Waals surface area contributed by atoms with Crippen molar-refractivity contribution < 1.29 is 9.59 Å². The first kappa shape index (κ1) is 17.2. The molecule has 0 spiro atoms. The fourth-order valence-electron chi connectivity index (χ4n) is 3.36. The predicted molar refractivity (Wildman–Crippen MR) is 95.1 cm³/mol. The van der Waals surface area contributed by atoms with Crippen LogP contribution in [-0.2, 0) is 4.79 Å². The molecule has 0 saturated carbocycles. The number of hydrogen-bond donors (Lipinski definition) is 0. The van der Waals surface area contributed by atoms with Crippen molar-refractivity contribution >= 4 is 11.8 Å². The van der Waals surface area contributed by atoms with E-state index < -0.39 is 0 Å². The van der Waals surface area contributed by atoms with E-state index in [-0.39, 0.29) is 23.9 Å². The van der Waals surface area contributed by atoms with Gasteiger partial charge in [0.1, 0.15) is 5.69 Å². The van der Waals surface area contributed by atoms with Gasteiger partial charge in [0.25, 0.3) is 5.91 Å². The van der Waals surface area contributed by atoms with Gasteiger partial charge in [-0.05, 0) is 25.5 Å². The summed E-state index contributed by atoms with van der Waals surface area (Å²) in [6.07, 6.45) is 1.66. The summed E-state index contributed by atoms with van der Waals surface area (Å²) in [6, 6.07) is 11.7. The Morgan fingerprint density at radius 2 is 1.84 bits per heavy atom. The molecule has 132 valence electrons. The second kappa shape index (κ2) is 7.09. The topological polar surface area (TPSA) is 58.4 Å². The number of nitrogens with zero attached hydrogens (tertiary/aromatic N) is 4. The van der Waals surface area contributed by atoms with Gasteiger partial charge in [-0.15, -0.1) is 0 Å². The minimum atomic E-state index is -0.119. The highest BCUT2D eigenvalue weighted by Gasteiger charge is 2.33. The summed E-state index contributed by atoms with van der Waals surface area (Å²) < 4.78 is 1.75. The molecule has 2 aromatic rings. The SMILES string of the molecule is CC(=O)N1CCN(C(=O)c2ccnn2C(C)C)CC1c1ccccc1. The van der Waals surface area contributed by atoms with Crippen molar-refractivity contribution in [1.29, 1.82) is 0 Å². The Hall–Kier alpha value is -2.63. The minimum Gasteiger partial charge on any atom is -0.333 e. The molecule has 1 fully saturated rings. The van der Waals surface area contributed by atoms with Crippen molar-refractivity contribution in [2.45, 2.75) is 32.9 Å². The molecule has 1 aromatic carbocycles. The second-order valence-electron chi connectivity index (χ2n) is 6.64. The van der Waals surface area contributed by atoms with Crippen LogP contribution < -0.4 is 0 Å². The molecule has 1 aromatic heterocycles. The van der Waals surface area contributed by atoms with Crippen molar-refractivity contribution in [3.63, 3.8) is 0 Å². The van der Waals surface area contributed by atoms with E-state index in [4.69, 9.17) is 0 Å². The zero-order valence-corrected chi connectivity index (χ0v) is 14.9. The van der Waals surface area contributed by atoms with E-state index in [2.05, 4.69) is 5.10 Å². The first-order valence-electron chi connectivity index (χ1n) is 8.64. The second-order valence-corrected chi connectivity index (χ2v) is 6.64. The molecule has 1 aliphatic heterocycles. The van der Waals surface area contributed by atoms with Crippen LogP contribution in [0.15, 0.2) is 42.6 Å². The fourth-order valence-corrected chi connectivity index (χ4v) is 3.36. The summed E-state index contributed by atoms with van der Waals surface area (Å²) in [6.45, 7) is 7.16. The molecule has 0 N–H and O–H groups in total. The molecule has 1 saturated heterocycles.